The molecule has 0 bridgehead atoms. The van der Waals surface area contributed by atoms with Crippen molar-refractivity contribution in [1.29, 1.82) is 0 Å². The van der Waals surface area contributed by atoms with Crippen LogP contribution < -0.4 is 15.4 Å². The Hall–Kier alpha value is -2.77. The molecule has 0 aliphatic carbocycles. The van der Waals surface area contributed by atoms with E-state index in [-0.39, 0.29) is 31.0 Å². The molecule has 2 unspecified atom stereocenters. The molecule has 3 N–H and O–H groups in total. The lowest BCUT2D eigenvalue weighted by atomic mass is 9.91. The highest BCUT2D eigenvalue weighted by Crippen LogP contribution is 2.23. The largest absolute Gasteiger partial charge is 0.484 e. The molecule has 1 aromatic carbocycles. The number of carbonyl (C=O) groups excluding carboxylic acids is 2. The fourth-order valence-electron chi connectivity index (χ4n) is 2.75. The Balaban J connectivity index is 1.91. The van der Waals surface area contributed by atoms with E-state index in [9.17, 15) is 19.5 Å². The standard InChI is InChI=1S/C17H23N3O5/c1-11-7-12(16(22)23)9-20(8-11)17(24)19-13-3-5-14(6-4-13)25-10-15(21)18-2/h3-6,11-12H,7-10H2,1-2H3,(H,18,21)(H,19,24)(H,22,23). The van der Waals surface area contributed by atoms with Crippen LogP contribution in [0.2, 0.25) is 0 Å². The second kappa shape index (κ2) is 8.36. The van der Waals surface area contributed by atoms with Crippen molar-refractivity contribution < 1.29 is 24.2 Å². The van der Waals surface area contributed by atoms with E-state index in [4.69, 9.17) is 4.74 Å². The summed E-state index contributed by atoms with van der Waals surface area (Å²) in [6.07, 6.45) is 0.580. The van der Waals surface area contributed by atoms with Gasteiger partial charge in [-0.15, -0.1) is 0 Å². The lowest BCUT2D eigenvalue weighted by molar-refractivity contribution is -0.143. The van der Waals surface area contributed by atoms with E-state index in [1.54, 1.807) is 24.3 Å². The molecule has 25 heavy (non-hydrogen) atoms. The summed E-state index contributed by atoms with van der Waals surface area (Å²) in [6.45, 7) is 2.60. The van der Waals surface area contributed by atoms with Crippen molar-refractivity contribution in [2.75, 3.05) is 32.1 Å². The Kier molecular flexibility index (Phi) is 6.21. The molecule has 136 valence electrons. The summed E-state index contributed by atoms with van der Waals surface area (Å²) < 4.78 is 5.29. The number of urea groups is 1. The number of aliphatic carboxylic acids is 1. The van der Waals surface area contributed by atoms with Crippen LogP contribution in [0, 0.1) is 11.8 Å². The molecule has 1 heterocycles. The summed E-state index contributed by atoms with van der Waals surface area (Å²) in [6, 6.07) is 6.31. The third-order valence-electron chi connectivity index (χ3n) is 4.05. The van der Waals surface area contributed by atoms with Crippen molar-refractivity contribution in [1.82, 2.24) is 10.2 Å². The number of hydrogen-bond acceptors (Lipinski definition) is 4. The number of anilines is 1. The highest BCUT2D eigenvalue weighted by atomic mass is 16.5. The summed E-state index contributed by atoms with van der Waals surface area (Å²) in [5.41, 5.74) is 0.572. The Bertz CT molecular complexity index is 632. The zero-order chi connectivity index (χ0) is 18.4. The number of carboxylic acid groups (broad SMARTS) is 1. The summed E-state index contributed by atoms with van der Waals surface area (Å²) in [5.74, 6) is -0.984. The number of likely N-dealkylation sites (tertiary alicyclic amines) is 1. The lowest BCUT2D eigenvalue weighted by Crippen LogP contribution is -2.47. The minimum Gasteiger partial charge on any atom is -0.484 e. The first-order chi connectivity index (χ1) is 11.9. The number of ether oxygens (including phenoxy) is 1. The molecule has 1 aromatic rings. The van der Waals surface area contributed by atoms with Gasteiger partial charge in [-0.25, -0.2) is 4.79 Å². The summed E-state index contributed by atoms with van der Waals surface area (Å²) in [5, 5.41) is 14.4. The van der Waals surface area contributed by atoms with Gasteiger partial charge < -0.3 is 25.4 Å². The highest BCUT2D eigenvalue weighted by molar-refractivity contribution is 5.89. The van der Waals surface area contributed by atoms with Gasteiger partial charge in [0.05, 0.1) is 5.92 Å². The third-order valence-corrected chi connectivity index (χ3v) is 4.05. The Morgan fingerprint density at radius 3 is 2.52 bits per heavy atom. The molecule has 0 aromatic heterocycles. The molecule has 8 nitrogen and oxygen atoms in total. The van der Waals surface area contributed by atoms with Gasteiger partial charge in [-0.1, -0.05) is 6.92 Å². The Morgan fingerprint density at radius 2 is 1.92 bits per heavy atom. The second-order valence-corrected chi connectivity index (χ2v) is 6.20. The van der Waals surface area contributed by atoms with Crippen LogP contribution in [0.3, 0.4) is 0 Å². The predicted octanol–water partition coefficient (Wildman–Crippen LogP) is 1.39. The zero-order valence-electron chi connectivity index (χ0n) is 14.3. The molecule has 1 aliphatic rings. The van der Waals surface area contributed by atoms with E-state index in [1.165, 1.54) is 11.9 Å². The molecule has 1 fully saturated rings. The van der Waals surface area contributed by atoms with Crippen LogP contribution in [0.25, 0.3) is 0 Å². The molecule has 1 saturated heterocycles. The second-order valence-electron chi connectivity index (χ2n) is 6.20. The average molecular weight is 349 g/mol. The molecule has 2 atom stereocenters. The van der Waals surface area contributed by atoms with Crippen molar-refractivity contribution in [3.63, 3.8) is 0 Å². The molecular weight excluding hydrogens is 326 g/mol. The van der Waals surface area contributed by atoms with E-state index in [0.29, 0.717) is 24.4 Å². The number of rotatable bonds is 5. The molecule has 8 heteroatoms. The molecule has 2 rings (SSSR count). The molecule has 1 aliphatic heterocycles. The summed E-state index contributed by atoms with van der Waals surface area (Å²) in [4.78, 5) is 36.2. The van der Waals surface area contributed by atoms with E-state index in [0.717, 1.165) is 0 Å². The Morgan fingerprint density at radius 1 is 1.24 bits per heavy atom. The van der Waals surface area contributed by atoms with Crippen LogP contribution >= 0.6 is 0 Å². The van der Waals surface area contributed by atoms with Crippen LogP contribution in [-0.2, 0) is 9.59 Å². The van der Waals surface area contributed by atoms with Crippen LogP contribution in [0.15, 0.2) is 24.3 Å². The first kappa shape index (κ1) is 18.6. The van der Waals surface area contributed by atoms with E-state index in [1.807, 2.05) is 6.92 Å². The number of hydrogen-bond donors (Lipinski definition) is 3. The molecule has 0 saturated carbocycles. The maximum Gasteiger partial charge on any atom is 0.321 e. The molecular formula is C17H23N3O5. The minimum absolute atomic E-state index is 0.0789. The van der Waals surface area contributed by atoms with Crippen LogP contribution in [-0.4, -0.2) is 54.7 Å². The first-order valence-corrected chi connectivity index (χ1v) is 8.11. The van der Waals surface area contributed by atoms with Gasteiger partial charge in [0, 0.05) is 25.8 Å². The maximum absolute atomic E-state index is 12.4. The van der Waals surface area contributed by atoms with E-state index < -0.39 is 11.9 Å². The predicted molar refractivity (Wildman–Crippen MR) is 91.5 cm³/mol. The number of carboxylic acids is 1. The number of likely N-dealkylation sites (N-methyl/N-ethyl adjacent to an activating group) is 1. The van der Waals surface area contributed by atoms with Gasteiger partial charge >= 0.3 is 12.0 Å². The van der Waals surface area contributed by atoms with Gasteiger partial charge in [0.2, 0.25) is 0 Å². The van der Waals surface area contributed by atoms with Crippen molar-refractivity contribution in [2.45, 2.75) is 13.3 Å². The number of nitrogens with one attached hydrogen (secondary N) is 2. The number of amides is 3. The van der Waals surface area contributed by atoms with Gasteiger partial charge in [0.15, 0.2) is 6.61 Å². The monoisotopic (exact) mass is 349 g/mol. The van der Waals surface area contributed by atoms with Crippen molar-refractivity contribution >= 4 is 23.6 Å². The van der Waals surface area contributed by atoms with Crippen LogP contribution in [0.1, 0.15) is 13.3 Å². The molecule has 0 spiro atoms. The van der Waals surface area contributed by atoms with Crippen LogP contribution in [0.5, 0.6) is 5.75 Å². The lowest BCUT2D eigenvalue weighted by Gasteiger charge is -2.34. The highest BCUT2D eigenvalue weighted by Gasteiger charge is 2.31. The van der Waals surface area contributed by atoms with Gasteiger partial charge in [-0.3, -0.25) is 9.59 Å². The SMILES string of the molecule is CNC(=O)COc1ccc(NC(=O)N2CC(C)CC(C(=O)O)C2)cc1. The number of nitrogens with zero attached hydrogens (tertiary/aromatic N) is 1. The maximum atomic E-state index is 12.4. The smallest absolute Gasteiger partial charge is 0.321 e. The fourth-order valence-corrected chi connectivity index (χ4v) is 2.75. The normalized spacial score (nSPS) is 19.8. The Labute approximate surface area is 146 Å². The number of piperidine rings is 1. The third kappa shape index (κ3) is 5.37. The zero-order valence-corrected chi connectivity index (χ0v) is 14.3. The average Bonchev–Trinajstić information content (AvgIpc) is 2.60. The van der Waals surface area contributed by atoms with Crippen molar-refractivity contribution in [2.24, 2.45) is 11.8 Å². The number of carbonyl (C=O) groups is 3. The van der Waals surface area contributed by atoms with Gasteiger partial charge in [-0.05, 0) is 36.6 Å². The quantitative estimate of drug-likeness (QED) is 0.744. The van der Waals surface area contributed by atoms with Crippen molar-refractivity contribution in [3.05, 3.63) is 24.3 Å². The fraction of sp³-hybridized carbons (Fsp3) is 0.471. The van der Waals surface area contributed by atoms with E-state index in [2.05, 4.69) is 10.6 Å². The molecule has 0 radical (unpaired) electrons. The van der Waals surface area contributed by atoms with Gasteiger partial charge in [-0.2, -0.15) is 0 Å². The van der Waals surface area contributed by atoms with E-state index >= 15 is 0 Å². The minimum atomic E-state index is -0.873. The van der Waals surface area contributed by atoms with Gasteiger partial charge in [0.25, 0.3) is 5.91 Å². The summed E-state index contributed by atoms with van der Waals surface area (Å²) >= 11 is 0. The molecule has 3 amide bonds. The summed E-state index contributed by atoms with van der Waals surface area (Å²) in [7, 11) is 1.53. The topological polar surface area (TPSA) is 108 Å². The van der Waals surface area contributed by atoms with Gasteiger partial charge in [0.1, 0.15) is 5.75 Å². The van der Waals surface area contributed by atoms with Crippen LogP contribution in [0.4, 0.5) is 10.5 Å². The first-order valence-electron chi connectivity index (χ1n) is 8.11. The van der Waals surface area contributed by atoms with Crippen molar-refractivity contribution in [3.8, 4) is 5.75 Å². The number of benzene rings is 1.